The molecule has 4 heteroatoms. The van der Waals surface area contributed by atoms with Crippen molar-refractivity contribution in [1.82, 2.24) is 0 Å². The average Bonchev–Trinajstić information content (AvgIpc) is 2.59. The Morgan fingerprint density at radius 2 is 1.89 bits per heavy atom. The van der Waals surface area contributed by atoms with E-state index in [4.69, 9.17) is 14.2 Å². The molecule has 0 bridgehead atoms. The van der Waals surface area contributed by atoms with Crippen LogP contribution in [0.2, 0.25) is 0 Å². The zero-order valence-corrected chi connectivity index (χ0v) is 11.8. The molecule has 4 nitrogen and oxygen atoms in total. The summed E-state index contributed by atoms with van der Waals surface area (Å²) in [6, 6.07) is 5.50. The van der Waals surface area contributed by atoms with Gasteiger partial charge >= 0.3 is 0 Å². The van der Waals surface area contributed by atoms with Gasteiger partial charge in [0.05, 0.1) is 19.3 Å². The summed E-state index contributed by atoms with van der Waals surface area (Å²) in [6.07, 6.45) is 0.372. The second-order valence-electron chi connectivity index (χ2n) is 5.85. The molecule has 0 fully saturated rings. The highest BCUT2D eigenvalue weighted by Gasteiger charge is 2.22. The van der Waals surface area contributed by atoms with E-state index in [0.717, 1.165) is 12.2 Å². The zero-order chi connectivity index (χ0) is 13.9. The van der Waals surface area contributed by atoms with Crippen LogP contribution in [0, 0.1) is 5.41 Å². The maximum absolute atomic E-state index is 9.95. The molecule has 1 N–H and O–H groups in total. The lowest BCUT2D eigenvalue weighted by molar-refractivity contribution is 0.0217. The number of hydrogen-bond donors (Lipinski definition) is 1. The summed E-state index contributed by atoms with van der Waals surface area (Å²) in [5.41, 5.74) is -0.189. The molecule has 1 aliphatic heterocycles. The van der Waals surface area contributed by atoms with Crippen molar-refractivity contribution in [2.75, 3.05) is 19.8 Å². The molecule has 2 rings (SSSR count). The van der Waals surface area contributed by atoms with E-state index in [-0.39, 0.29) is 12.0 Å². The van der Waals surface area contributed by atoms with Crippen LogP contribution in [0.1, 0.15) is 27.2 Å². The SMILES string of the molecule is CC(C)(C)C(O)COc1ccc2c(c1)OCCCO2. The summed E-state index contributed by atoms with van der Waals surface area (Å²) in [4.78, 5) is 0. The molecule has 1 heterocycles. The van der Waals surface area contributed by atoms with Gasteiger partial charge in [-0.2, -0.15) is 0 Å². The molecule has 0 radical (unpaired) electrons. The molecule has 0 amide bonds. The van der Waals surface area contributed by atoms with Gasteiger partial charge < -0.3 is 19.3 Å². The minimum atomic E-state index is -0.511. The van der Waals surface area contributed by atoms with Gasteiger partial charge in [-0.15, -0.1) is 0 Å². The third kappa shape index (κ3) is 3.77. The van der Waals surface area contributed by atoms with Crippen LogP contribution in [0.25, 0.3) is 0 Å². The molecule has 1 aromatic carbocycles. The normalized spacial score (nSPS) is 16.6. The smallest absolute Gasteiger partial charge is 0.164 e. The van der Waals surface area contributed by atoms with E-state index in [2.05, 4.69) is 0 Å². The Labute approximate surface area is 114 Å². The molecule has 1 atom stereocenters. The fraction of sp³-hybridized carbons (Fsp3) is 0.600. The van der Waals surface area contributed by atoms with E-state index in [0.29, 0.717) is 24.7 Å². The minimum Gasteiger partial charge on any atom is -0.491 e. The van der Waals surface area contributed by atoms with Gasteiger partial charge in [0, 0.05) is 12.5 Å². The Kier molecular flexibility index (Phi) is 4.20. The fourth-order valence-corrected chi connectivity index (χ4v) is 1.66. The Balaban J connectivity index is 2.00. The van der Waals surface area contributed by atoms with Crippen molar-refractivity contribution >= 4 is 0 Å². The number of aliphatic hydroxyl groups is 1. The number of fused-ring (bicyclic) bond motifs is 1. The second-order valence-corrected chi connectivity index (χ2v) is 5.85. The molecule has 0 aliphatic carbocycles. The van der Waals surface area contributed by atoms with Gasteiger partial charge in [0.15, 0.2) is 11.5 Å². The molecule has 1 unspecified atom stereocenters. The zero-order valence-electron chi connectivity index (χ0n) is 11.8. The van der Waals surface area contributed by atoms with E-state index in [1.165, 1.54) is 0 Å². The van der Waals surface area contributed by atoms with Crippen molar-refractivity contribution in [1.29, 1.82) is 0 Å². The highest BCUT2D eigenvalue weighted by atomic mass is 16.5. The third-order valence-corrected chi connectivity index (χ3v) is 3.13. The van der Waals surface area contributed by atoms with Crippen LogP contribution in [0.3, 0.4) is 0 Å². The van der Waals surface area contributed by atoms with Crippen molar-refractivity contribution in [3.63, 3.8) is 0 Å². The van der Waals surface area contributed by atoms with Crippen molar-refractivity contribution in [3.8, 4) is 17.2 Å². The molecule has 0 spiro atoms. The maximum Gasteiger partial charge on any atom is 0.164 e. The van der Waals surface area contributed by atoms with E-state index in [1.54, 1.807) is 0 Å². The van der Waals surface area contributed by atoms with Crippen molar-refractivity contribution in [2.45, 2.75) is 33.3 Å². The van der Waals surface area contributed by atoms with Crippen LogP contribution in [0.15, 0.2) is 18.2 Å². The number of benzene rings is 1. The molecular formula is C15H22O4. The highest BCUT2D eigenvalue weighted by Crippen LogP contribution is 2.33. The van der Waals surface area contributed by atoms with Crippen LogP contribution in [-0.4, -0.2) is 31.0 Å². The van der Waals surface area contributed by atoms with Crippen LogP contribution in [0.4, 0.5) is 0 Å². The first-order valence-corrected chi connectivity index (χ1v) is 6.67. The largest absolute Gasteiger partial charge is 0.491 e. The van der Waals surface area contributed by atoms with Gasteiger partial charge in [-0.3, -0.25) is 0 Å². The summed E-state index contributed by atoms with van der Waals surface area (Å²) in [5, 5.41) is 9.95. The molecule has 1 aromatic rings. The van der Waals surface area contributed by atoms with Gasteiger partial charge in [0.2, 0.25) is 0 Å². The minimum absolute atomic E-state index is 0.189. The maximum atomic E-state index is 9.95. The number of ether oxygens (including phenoxy) is 3. The summed E-state index contributed by atoms with van der Waals surface area (Å²) in [7, 11) is 0. The standard InChI is InChI=1S/C15H22O4/c1-15(2,3)14(16)10-19-11-5-6-12-13(9-11)18-8-4-7-17-12/h5-6,9,14,16H,4,7-8,10H2,1-3H3. The predicted octanol–water partition coefficient (Wildman–Crippen LogP) is 2.63. The number of hydrogen-bond acceptors (Lipinski definition) is 4. The summed E-state index contributed by atoms with van der Waals surface area (Å²) in [5.74, 6) is 2.15. The van der Waals surface area contributed by atoms with E-state index < -0.39 is 6.10 Å². The fourth-order valence-electron chi connectivity index (χ4n) is 1.66. The quantitative estimate of drug-likeness (QED) is 0.913. The van der Waals surface area contributed by atoms with E-state index >= 15 is 0 Å². The Hall–Kier alpha value is -1.42. The molecule has 0 saturated heterocycles. The molecule has 1 aliphatic rings. The highest BCUT2D eigenvalue weighted by molar-refractivity contribution is 5.45. The lowest BCUT2D eigenvalue weighted by Crippen LogP contribution is -2.31. The Bertz CT molecular complexity index is 423. The summed E-state index contributed by atoms with van der Waals surface area (Å²) in [6.45, 7) is 7.54. The van der Waals surface area contributed by atoms with Crippen LogP contribution in [0.5, 0.6) is 17.2 Å². The first kappa shape index (κ1) is 14.0. The van der Waals surface area contributed by atoms with Crippen molar-refractivity contribution in [2.24, 2.45) is 5.41 Å². The molecule has 0 aromatic heterocycles. The van der Waals surface area contributed by atoms with Gasteiger partial charge in [0.25, 0.3) is 0 Å². The first-order valence-electron chi connectivity index (χ1n) is 6.67. The average molecular weight is 266 g/mol. The Morgan fingerprint density at radius 1 is 1.21 bits per heavy atom. The summed E-state index contributed by atoms with van der Waals surface area (Å²) < 4.78 is 16.8. The molecule has 19 heavy (non-hydrogen) atoms. The van der Waals surface area contributed by atoms with Crippen molar-refractivity contribution in [3.05, 3.63) is 18.2 Å². The predicted molar refractivity (Wildman–Crippen MR) is 73.0 cm³/mol. The van der Waals surface area contributed by atoms with Gasteiger partial charge in [-0.25, -0.2) is 0 Å². The van der Waals surface area contributed by atoms with Crippen LogP contribution < -0.4 is 14.2 Å². The summed E-state index contributed by atoms with van der Waals surface area (Å²) >= 11 is 0. The monoisotopic (exact) mass is 266 g/mol. The second kappa shape index (κ2) is 5.70. The van der Waals surface area contributed by atoms with E-state index in [9.17, 15) is 5.11 Å². The third-order valence-electron chi connectivity index (χ3n) is 3.13. The first-order chi connectivity index (χ1) is 8.97. The van der Waals surface area contributed by atoms with Gasteiger partial charge in [-0.1, -0.05) is 20.8 Å². The number of rotatable bonds is 3. The van der Waals surface area contributed by atoms with Crippen LogP contribution >= 0.6 is 0 Å². The molecule has 106 valence electrons. The van der Waals surface area contributed by atoms with Crippen molar-refractivity contribution < 1.29 is 19.3 Å². The van der Waals surface area contributed by atoms with Gasteiger partial charge in [-0.05, 0) is 17.5 Å². The van der Waals surface area contributed by atoms with Gasteiger partial charge in [0.1, 0.15) is 12.4 Å². The molecular weight excluding hydrogens is 244 g/mol. The lowest BCUT2D eigenvalue weighted by Gasteiger charge is -2.25. The Morgan fingerprint density at radius 3 is 2.58 bits per heavy atom. The lowest BCUT2D eigenvalue weighted by atomic mass is 9.90. The van der Waals surface area contributed by atoms with Crippen LogP contribution in [-0.2, 0) is 0 Å². The number of aliphatic hydroxyl groups excluding tert-OH is 1. The molecule has 0 saturated carbocycles. The van der Waals surface area contributed by atoms with E-state index in [1.807, 2.05) is 39.0 Å². The topological polar surface area (TPSA) is 47.9 Å².